The van der Waals surface area contributed by atoms with Crippen LogP contribution < -0.4 is 13.8 Å². The predicted molar refractivity (Wildman–Crippen MR) is 141 cm³/mol. The minimum absolute atomic E-state index is 0.0991. The maximum absolute atomic E-state index is 13.0. The van der Waals surface area contributed by atoms with E-state index in [0.29, 0.717) is 35.5 Å². The van der Waals surface area contributed by atoms with Gasteiger partial charge in [0.05, 0.1) is 18.0 Å². The van der Waals surface area contributed by atoms with Crippen molar-refractivity contribution in [1.29, 1.82) is 0 Å². The third-order valence-corrected chi connectivity index (χ3v) is 8.81. The van der Waals surface area contributed by atoms with E-state index >= 15 is 0 Å². The second-order valence-corrected chi connectivity index (χ2v) is 11.9. The number of rotatable bonds is 5. The van der Waals surface area contributed by atoms with Gasteiger partial charge in [-0.2, -0.15) is 4.37 Å². The molecule has 0 atom stereocenters. The van der Waals surface area contributed by atoms with Gasteiger partial charge in [0, 0.05) is 25.0 Å². The quantitative estimate of drug-likeness (QED) is 0.375. The van der Waals surface area contributed by atoms with Crippen LogP contribution in [0.4, 0.5) is 5.95 Å². The molecular weight excluding hydrogens is 533 g/mol. The number of aromatic nitrogens is 2. The molecule has 0 fully saturated rings. The number of nitrogens with zero attached hydrogens (tertiary/aromatic N) is 5. The predicted octanol–water partition coefficient (Wildman–Crippen LogP) is 3.87. The van der Waals surface area contributed by atoms with Crippen LogP contribution in [0, 0.1) is 3.95 Å². The number of thiocarbonyl (C=S) groups is 1. The van der Waals surface area contributed by atoms with Gasteiger partial charge >= 0.3 is 0 Å². The number of fused-ring (bicyclic) bond motifs is 1. The van der Waals surface area contributed by atoms with Crippen molar-refractivity contribution in [3.05, 3.63) is 58.6 Å². The molecule has 0 spiro atoms. The molecule has 5 rings (SSSR count). The lowest BCUT2D eigenvalue weighted by Crippen LogP contribution is -2.44. The molecule has 3 aromatic rings. The van der Waals surface area contributed by atoms with Crippen LogP contribution in [-0.2, 0) is 16.6 Å². The van der Waals surface area contributed by atoms with Crippen LogP contribution in [0.1, 0.15) is 0 Å². The summed E-state index contributed by atoms with van der Waals surface area (Å²) in [6.45, 7) is 2.39. The maximum Gasteiger partial charge on any atom is 0.264 e. The van der Waals surface area contributed by atoms with E-state index in [0.717, 1.165) is 16.4 Å². The average molecular weight is 551 g/mol. The summed E-state index contributed by atoms with van der Waals surface area (Å²) < 4.78 is 43.8. The lowest BCUT2D eigenvalue weighted by Gasteiger charge is -2.23. The Kier molecular flexibility index (Phi) is 6.57. The highest BCUT2D eigenvalue weighted by Crippen LogP contribution is 2.30. The molecule has 1 aromatic heterocycles. The molecule has 0 amide bonds. The van der Waals surface area contributed by atoms with Crippen LogP contribution in [0.25, 0.3) is 0 Å². The first kappa shape index (κ1) is 23.2. The first-order valence-corrected chi connectivity index (χ1v) is 14.0. The summed E-state index contributed by atoms with van der Waals surface area (Å²) in [5.41, 5.74) is 0. The third-order valence-electron chi connectivity index (χ3n) is 5.01. The van der Waals surface area contributed by atoms with Gasteiger partial charge < -0.3 is 4.74 Å². The van der Waals surface area contributed by atoms with Gasteiger partial charge in [-0.25, -0.2) is 13.1 Å². The van der Waals surface area contributed by atoms with Crippen LogP contribution in [0.5, 0.6) is 11.5 Å². The number of ether oxygens (including phenoxy) is 1. The van der Waals surface area contributed by atoms with Gasteiger partial charge in [0.25, 0.3) is 10.0 Å². The van der Waals surface area contributed by atoms with Gasteiger partial charge in [-0.1, -0.05) is 30.4 Å². The van der Waals surface area contributed by atoms with E-state index in [4.69, 9.17) is 29.2 Å². The van der Waals surface area contributed by atoms with E-state index in [1.807, 2.05) is 39.2 Å². The van der Waals surface area contributed by atoms with Gasteiger partial charge in [-0.05, 0) is 60.1 Å². The highest BCUT2D eigenvalue weighted by atomic mass is 32.2. The third kappa shape index (κ3) is 4.81. The molecule has 14 heteroatoms. The largest absolute Gasteiger partial charge is 0.457 e. The lowest BCUT2D eigenvalue weighted by atomic mass is 10.3. The highest BCUT2D eigenvalue weighted by Gasteiger charge is 2.30. The van der Waals surface area contributed by atoms with Crippen molar-refractivity contribution in [2.45, 2.75) is 11.4 Å². The smallest absolute Gasteiger partial charge is 0.264 e. The van der Waals surface area contributed by atoms with E-state index in [2.05, 4.69) is 14.1 Å². The summed E-state index contributed by atoms with van der Waals surface area (Å²) in [6.07, 6.45) is 0. The Morgan fingerprint density at radius 3 is 2.56 bits per heavy atom. The molecule has 0 saturated carbocycles. The highest BCUT2D eigenvalue weighted by molar-refractivity contribution is 8.23. The molecular formula is C20H18N6O3S5. The number of hydrogen-bond acceptors (Lipinski definition) is 10. The normalized spacial score (nSPS) is 15.2. The molecule has 176 valence electrons. The number of para-hydroxylation sites is 1. The lowest BCUT2D eigenvalue weighted by molar-refractivity contribution is 0.482. The number of nitrogens with one attached hydrogen (secondary N) is 1. The first-order chi connectivity index (χ1) is 16.4. The molecule has 1 N–H and O–H groups in total. The summed E-state index contributed by atoms with van der Waals surface area (Å²) in [5.74, 6) is 2.17. The Morgan fingerprint density at radius 2 is 1.79 bits per heavy atom. The fraction of sp³-hybridized carbons (Fsp3) is 0.200. The van der Waals surface area contributed by atoms with E-state index in [1.54, 1.807) is 17.0 Å². The van der Waals surface area contributed by atoms with Crippen molar-refractivity contribution < 1.29 is 13.2 Å². The summed E-state index contributed by atoms with van der Waals surface area (Å²) in [7, 11) is -3.86. The molecule has 3 heterocycles. The number of anilines is 1. The van der Waals surface area contributed by atoms with E-state index in [1.165, 1.54) is 35.6 Å². The van der Waals surface area contributed by atoms with Crippen LogP contribution in [-0.4, -0.2) is 52.2 Å². The zero-order valence-corrected chi connectivity index (χ0v) is 21.6. The molecule has 0 saturated heterocycles. The van der Waals surface area contributed by atoms with Gasteiger partial charge in [-0.15, -0.1) is 0 Å². The van der Waals surface area contributed by atoms with Crippen molar-refractivity contribution in [2.24, 2.45) is 4.99 Å². The molecule has 2 aliphatic rings. The molecule has 0 radical (unpaired) electrons. The standard InChI is InChI=1S/C20H18N6O3S5/c27-34(28,16-8-6-15(7-9-16)29-14-4-2-1-3-5-14)23-17-21-10-11-24(17)20(31)33-26-13-12-25-18(26)22-32-19(25)30/h1-9H,10-13H2,(H,21,23). The zero-order valence-electron chi connectivity index (χ0n) is 17.5. The first-order valence-electron chi connectivity index (χ1n) is 10.1. The van der Waals surface area contributed by atoms with Crippen molar-refractivity contribution in [3.63, 3.8) is 0 Å². The number of hydrogen-bond donors (Lipinski definition) is 1. The second-order valence-electron chi connectivity index (χ2n) is 7.21. The van der Waals surface area contributed by atoms with Crippen molar-refractivity contribution in [1.82, 2.24) is 18.6 Å². The Bertz CT molecular complexity index is 1400. The number of guanidine groups is 1. The van der Waals surface area contributed by atoms with E-state index in [-0.39, 0.29) is 10.9 Å². The van der Waals surface area contributed by atoms with Crippen molar-refractivity contribution in [3.8, 4) is 11.5 Å². The Labute approximate surface area is 215 Å². The minimum atomic E-state index is -3.86. The van der Waals surface area contributed by atoms with Crippen LogP contribution in [0.2, 0.25) is 0 Å². The second kappa shape index (κ2) is 9.62. The monoisotopic (exact) mass is 550 g/mol. The Hall–Kier alpha value is -2.52. The van der Waals surface area contributed by atoms with Gasteiger partial charge in [0.1, 0.15) is 11.5 Å². The van der Waals surface area contributed by atoms with Gasteiger partial charge in [0.2, 0.25) is 11.9 Å². The molecule has 34 heavy (non-hydrogen) atoms. The molecule has 2 aromatic carbocycles. The molecule has 0 bridgehead atoms. The average Bonchev–Trinajstić information content (AvgIpc) is 3.54. The van der Waals surface area contributed by atoms with Gasteiger partial charge in [-0.3, -0.25) is 18.8 Å². The molecule has 0 unspecified atom stereocenters. The molecule has 0 aliphatic carbocycles. The summed E-state index contributed by atoms with van der Waals surface area (Å²) in [6, 6.07) is 15.5. The van der Waals surface area contributed by atoms with Crippen LogP contribution >= 0.6 is 47.9 Å². The van der Waals surface area contributed by atoms with Crippen molar-refractivity contribution >= 4 is 74.2 Å². The Balaban J connectivity index is 1.25. The molecule has 2 aliphatic heterocycles. The number of aliphatic imine (C=N–C) groups is 1. The SMILES string of the molecule is O=S(=O)(NC1=NCCN1C(=S)SN1CCn2c1nsc2=S)c1ccc(Oc2ccccc2)cc1. The number of benzene rings is 2. The topological polar surface area (TPSA) is 92.1 Å². The number of sulfonamides is 1. The van der Waals surface area contributed by atoms with Crippen LogP contribution in [0.15, 0.2) is 64.5 Å². The minimum Gasteiger partial charge on any atom is -0.457 e. The zero-order chi connectivity index (χ0) is 23.7. The van der Waals surface area contributed by atoms with Crippen LogP contribution in [0.3, 0.4) is 0 Å². The fourth-order valence-electron chi connectivity index (χ4n) is 3.36. The fourth-order valence-corrected chi connectivity index (χ4v) is 6.65. The van der Waals surface area contributed by atoms with E-state index < -0.39 is 10.0 Å². The maximum atomic E-state index is 13.0. The Morgan fingerprint density at radius 1 is 1.06 bits per heavy atom. The van der Waals surface area contributed by atoms with Crippen molar-refractivity contribution in [2.75, 3.05) is 23.9 Å². The van der Waals surface area contributed by atoms with E-state index in [9.17, 15) is 8.42 Å². The summed E-state index contributed by atoms with van der Waals surface area (Å²) >= 11 is 13.5. The van der Waals surface area contributed by atoms with Gasteiger partial charge in [0.15, 0.2) is 8.27 Å². The summed E-state index contributed by atoms with van der Waals surface area (Å²) in [4.78, 5) is 6.11. The summed E-state index contributed by atoms with van der Waals surface area (Å²) in [5, 5.41) is 0. The molecule has 9 nitrogen and oxygen atoms in total.